The number of ether oxygens (including phenoxy) is 2. The lowest BCUT2D eigenvalue weighted by molar-refractivity contribution is -0.118. The fourth-order valence-electron chi connectivity index (χ4n) is 4.73. The van der Waals surface area contributed by atoms with Crippen LogP contribution >= 0.6 is 0 Å². The first-order chi connectivity index (χ1) is 17.2. The molecule has 5 rings (SSSR count). The SMILES string of the molecule is Cc1ccc(NC(=O)C2(c3ccc4c(c3)OCO4)CC2)cc1-c1ccc(CNCCC(C)(C)C)cc1. The van der Waals surface area contributed by atoms with E-state index in [1.807, 2.05) is 24.3 Å². The van der Waals surface area contributed by atoms with Crippen LogP contribution in [0.3, 0.4) is 0 Å². The molecule has 3 aromatic rings. The molecular formula is C31H36N2O3. The molecule has 0 spiro atoms. The van der Waals surface area contributed by atoms with Crippen LogP contribution in [0.2, 0.25) is 0 Å². The van der Waals surface area contributed by atoms with Crippen molar-refractivity contribution in [2.24, 2.45) is 5.41 Å². The third-order valence-corrected chi connectivity index (χ3v) is 7.25. The minimum atomic E-state index is -0.492. The largest absolute Gasteiger partial charge is 0.454 e. The highest BCUT2D eigenvalue weighted by Crippen LogP contribution is 2.51. The number of amides is 1. The summed E-state index contributed by atoms with van der Waals surface area (Å²) in [6, 6.07) is 20.7. The van der Waals surface area contributed by atoms with E-state index in [4.69, 9.17) is 9.47 Å². The Morgan fingerprint density at radius 2 is 1.69 bits per heavy atom. The van der Waals surface area contributed by atoms with Gasteiger partial charge in [-0.2, -0.15) is 0 Å². The minimum absolute atomic E-state index is 0.0350. The zero-order chi connectivity index (χ0) is 25.3. The van der Waals surface area contributed by atoms with Crippen LogP contribution in [0.1, 0.15) is 56.7 Å². The number of benzene rings is 3. The molecule has 0 atom stereocenters. The summed E-state index contributed by atoms with van der Waals surface area (Å²) in [6.07, 6.45) is 2.82. The van der Waals surface area contributed by atoms with Crippen LogP contribution in [0.4, 0.5) is 5.69 Å². The Kier molecular flexibility index (Phi) is 6.52. The first-order valence-corrected chi connectivity index (χ1v) is 12.9. The Morgan fingerprint density at radius 1 is 0.944 bits per heavy atom. The summed E-state index contributed by atoms with van der Waals surface area (Å²) >= 11 is 0. The highest BCUT2D eigenvalue weighted by Gasteiger charge is 2.51. The summed E-state index contributed by atoms with van der Waals surface area (Å²) in [5.41, 5.74) is 6.40. The quantitative estimate of drug-likeness (QED) is 0.354. The second-order valence-corrected chi connectivity index (χ2v) is 11.3. The van der Waals surface area contributed by atoms with Crippen LogP contribution in [-0.4, -0.2) is 19.2 Å². The number of hydrogen-bond acceptors (Lipinski definition) is 4. The van der Waals surface area contributed by atoms with Gasteiger partial charge in [-0.25, -0.2) is 0 Å². The predicted octanol–water partition coefficient (Wildman–Crippen LogP) is 6.59. The lowest BCUT2D eigenvalue weighted by atomic mass is 9.92. The molecule has 1 fully saturated rings. The van der Waals surface area contributed by atoms with Crippen molar-refractivity contribution in [3.8, 4) is 22.6 Å². The van der Waals surface area contributed by atoms with Crippen molar-refractivity contribution < 1.29 is 14.3 Å². The Bertz CT molecular complexity index is 1250. The Hall–Kier alpha value is -3.31. The van der Waals surface area contributed by atoms with Gasteiger partial charge in [-0.3, -0.25) is 4.79 Å². The van der Waals surface area contributed by atoms with Gasteiger partial charge in [0.25, 0.3) is 0 Å². The van der Waals surface area contributed by atoms with Gasteiger partial charge >= 0.3 is 0 Å². The first-order valence-electron chi connectivity index (χ1n) is 12.9. The maximum absolute atomic E-state index is 13.4. The van der Waals surface area contributed by atoms with Gasteiger partial charge in [0.05, 0.1) is 5.41 Å². The van der Waals surface area contributed by atoms with E-state index in [0.29, 0.717) is 5.41 Å². The van der Waals surface area contributed by atoms with Crippen LogP contribution in [0, 0.1) is 12.3 Å². The van der Waals surface area contributed by atoms with Crippen LogP contribution in [0.5, 0.6) is 11.5 Å². The Labute approximate surface area is 214 Å². The molecule has 0 unspecified atom stereocenters. The third-order valence-electron chi connectivity index (χ3n) is 7.25. The molecular weight excluding hydrogens is 448 g/mol. The lowest BCUT2D eigenvalue weighted by Crippen LogP contribution is -2.27. The van der Waals surface area contributed by atoms with Crippen molar-refractivity contribution in [2.75, 3.05) is 18.7 Å². The maximum atomic E-state index is 13.4. The van der Waals surface area contributed by atoms with E-state index < -0.39 is 5.41 Å². The number of rotatable bonds is 8. The van der Waals surface area contributed by atoms with Crippen LogP contribution in [-0.2, 0) is 16.8 Å². The smallest absolute Gasteiger partial charge is 0.235 e. The number of hydrogen-bond donors (Lipinski definition) is 2. The molecule has 36 heavy (non-hydrogen) atoms. The first kappa shape index (κ1) is 24.4. The normalized spacial score (nSPS) is 15.6. The van der Waals surface area contributed by atoms with E-state index in [0.717, 1.165) is 66.2 Å². The third kappa shape index (κ3) is 5.26. The average molecular weight is 485 g/mol. The number of nitrogens with one attached hydrogen (secondary N) is 2. The number of fused-ring (bicyclic) bond motifs is 1. The molecule has 3 aromatic carbocycles. The molecule has 0 bridgehead atoms. The van der Waals surface area contributed by atoms with Crippen LogP contribution in [0.15, 0.2) is 60.7 Å². The fourth-order valence-corrected chi connectivity index (χ4v) is 4.73. The lowest BCUT2D eigenvalue weighted by Gasteiger charge is -2.18. The zero-order valence-corrected chi connectivity index (χ0v) is 21.7. The second-order valence-electron chi connectivity index (χ2n) is 11.3. The molecule has 1 amide bonds. The van der Waals surface area contributed by atoms with E-state index in [1.54, 1.807) is 0 Å². The van der Waals surface area contributed by atoms with Crippen molar-refractivity contribution in [3.05, 3.63) is 77.4 Å². The molecule has 0 radical (unpaired) electrons. The monoisotopic (exact) mass is 484 g/mol. The number of carbonyl (C=O) groups excluding carboxylic acids is 1. The Morgan fingerprint density at radius 3 is 2.42 bits per heavy atom. The molecule has 5 nitrogen and oxygen atoms in total. The van der Waals surface area contributed by atoms with Crippen molar-refractivity contribution in [1.29, 1.82) is 0 Å². The highest BCUT2D eigenvalue weighted by atomic mass is 16.7. The summed E-state index contributed by atoms with van der Waals surface area (Å²) in [5.74, 6) is 1.50. The topological polar surface area (TPSA) is 59.6 Å². The minimum Gasteiger partial charge on any atom is -0.454 e. The van der Waals surface area contributed by atoms with Crippen molar-refractivity contribution in [3.63, 3.8) is 0 Å². The molecule has 1 heterocycles. The van der Waals surface area contributed by atoms with Gasteiger partial charge in [-0.05, 0) is 90.2 Å². The zero-order valence-electron chi connectivity index (χ0n) is 21.7. The van der Waals surface area contributed by atoms with Crippen LogP contribution < -0.4 is 20.1 Å². The van der Waals surface area contributed by atoms with E-state index in [9.17, 15) is 4.79 Å². The maximum Gasteiger partial charge on any atom is 0.235 e. The van der Waals surface area contributed by atoms with E-state index in [2.05, 4.69) is 74.7 Å². The summed E-state index contributed by atoms with van der Waals surface area (Å²) in [6.45, 7) is 11.0. The summed E-state index contributed by atoms with van der Waals surface area (Å²) in [4.78, 5) is 13.4. The van der Waals surface area contributed by atoms with Gasteiger partial charge in [0.1, 0.15) is 0 Å². The predicted molar refractivity (Wildman–Crippen MR) is 145 cm³/mol. The van der Waals surface area contributed by atoms with E-state index >= 15 is 0 Å². The summed E-state index contributed by atoms with van der Waals surface area (Å²) < 4.78 is 11.0. The molecule has 0 aromatic heterocycles. The second kappa shape index (κ2) is 9.62. The molecule has 1 saturated carbocycles. The van der Waals surface area contributed by atoms with Crippen molar-refractivity contribution in [2.45, 2.75) is 58.9 Å². The van der Waals surface area contributed by atoms with Gasteiger partial charge in [0.15, 0.2) is 11.5 Å². The molecule has 2 aliphatic rings. The fraction of sp³-hybridized carbons (Fsp3) is 0.387. The van der Waals surface area contributed by atoms with Crippen molar-refractivity contribution in [1.82, 2.24) is 5.32 Å². The van der Waals surface area contributed by atoms with Gasteiger partial charge in [0, 0.05) is 12.2 Å². The average Bonchev–Trinajstić information content (AvgIpc) is 3.54. The molecule has 5 heteroatoms. The van der Waals surface area contributed by atoms with Gasteiger partial charge in [0.2, 0.25) is 12.7 Å². The highest BCUT2D eigenvalue weighted by molar-refractivity contribution is 6.02. The van der Waals surface area contributed by atoms with E-state index in [1.165, 1.54) is 11.1 Å². The molecule has 2 N–H and O–H groups in total. The van der Waals surface area contributed by atoms with Crippen molar-refractivity contribution >= 4 is 11.6 Å². The standard InChI is InChI=1S/C31H36N2O3/c1-21-5-11-25(18-26(21)23-8-6-22(7-9-23)19-32-16-15-30(2,3)4)33-29(34)31(13-14-31)24-10-12-27-28(17-24)36-20-35-27/h5-12,17-18,32H,13-16,19-20H2,1-4H3,(H,33,34). The van der Waals surface area contributed by atoms with Gasteiger partial charge in [-0.15, -0.1) is 0 Å². The number of aryl methyl sites for hydroxylation is 1. The van der Waals surface area contributed by atoms with Crippen LogP contribution in [0.25, 0.3) is 11.1 Å². The molecule has 1 aliphatic carbocycles. The summed E-state index contributed by atoms with van der Waals surface area (Å²) in [7, 11) is 0. The van der Waals surface area contributed by atoms with E-state index in [-0.39, 0.29) is 12.7 Å². The Balaban J connectivity index is 1.26. The number of anilines is 1. The molecule has 1 aliphatic heterocycles. The van der Waals surface area contributed by atoms with Gasteiger partial charge in [-0.1, -0.05) is 57.2 Å². The molecule has 188 valence electrons. The van der Waals surface area contributed by atoms with Gasteiger partial charge < -0.3 is 20.1 Å². The molecule has 0 saturated heterocycles. The number of carbonyl (C=O) groups is 1. The summed E-state index contributed by atoms with van der Waals surface area (Å²) in [5, 5.41) is 6.73.